The van der Waals surface area contributed by atoms with E-state index in [2.05, 4.69) is 502 Å². The number of nitrogens with zero attached hydrogens (tertiary/aromatic N) is 14. The minimum Gasteiger partial charge on any atom is -0.577 e. The molecule has 1 heterocycles. The van der Waals surface area contributed by atoms with Crippen molar-refractivity contribution in [3.8, 4) is 0 Å². The molecular weight excluding hydrogens is 2010 g/mol. The average Bonchev–Trinajstić information content (AvgIpc) is 0.755. The van der Waals surface area contributed by atoms with E-state index in [0.29, 0.717) is 6.61 Å². The van der Waals surface area contributed by atoms with Gasteiger partial charge in [0.1, 0.15) is 114 Å². The molecule has 0 fully saturated rings. The van der Waals surface area contributed by atoms with Crippen LogP contribution in [0.2, 0.25) is 0 Å². The van der Waals surface area contributed by atoms with E-state index in [9.17, 15) is 0 Å². The minimum absolute atomic E-state index is 0. The molecule has 17 aromatic rings. The van der Waals surface area contributed by atoms with Crippen molar-refractivity contribution in [2.45, 2.75) is 19.8 Å². The van der Waals surface area contributed by atoms with Crippen molar-refractivity contribution in [1.82, 2.24) is 9.97 Å². The Bertz CT molecular complexity index is 4600. The molecule has 1 N–H and O–H groups in total. The molecule has 690 valence electrons. The second kappa shape index (κ2) is 86.2. The quantitative estimate of drug-likeness (QED) is 0.0361. The number of alkyl halides is 2. The normalized spacial score (nSPS) is 8.97. The molecule has 0 bridgehead atoms. The first-order valence-electron chi connectivity index (χ1n) is 41.0. The summed E-state index contributed by atoms with van der Waals surface area (Å²) in [6.45, 7) is 49.9. The van der Waals surface area contributed by atoms with Crippen LogP contribution in [-0.2, 0) is 42.1 Å². The fourth-order valence-corrected chi connectivity index (χ4v) is 31.5. The van der Waals surface area contributed by atoms with Gasteiger partial charge in [0.2, 0.25) is 0 Å². The molecule has 0 saturated heterocycles. The van der Waals surface area contributed by atoms with Crippen LogP contribution in [0.3, 0.4) is 0 Å². The molecule has 0 aliphatic rings. The molecular formula is C115H96Cl2Mo2N14O3P4. The molecule has 0 aliphatic carbocycles. The Morgan fingerprint density at radius 3 is 0.314 bits per heavy atom. The van der Waals surface area contributed by atoms with E-state index in [0.717, 1.165) is 12.8 Å². The molecule has 0 aliphatic heterocycles. The molecule has 0 amide bonds. The van der Waals surface area contributed by atoms with Crippen molar-refractivity contribution in [2.24, 2.45) is 0 Å². The fraction of sp³-hybridized carbons (Fsp3) is 0.0435. The van der Waals surface area contributed by atoms with E-state index >= 15 is 0 Å². The summed E-state index contributed by atoms with van der Waals surface area (Å²) in [6, 6.07) is 175. The van der Waals surface area contributed by atoms with Crippen LogP contribution in [0.1, 0.15) is 19.8 Å². The van der Waals surface area contributed by atoms with Crippen molar-refractivity contribution in [1.29, 1.82) is 52.6 Å². The van der Waals surface area contributed by atoms with Gasteiger partial charge in [-0.05, 0) is 201 Å². The minimum atomic E-state index is -1.91. The van der Waals surface area contributed by atoms with Gasteiger partial charge < -0.3 is 144 Å². The number of benzene rings is 16. The van der Waals surface area contributed by atoms with Crippen LogP contribution >= 0.6 is 52.3 Å². The van der Waals surface area contributed by atoms with Gasteiger partial charge in [-0.15, -0.1) is 23.2 Å². The first-order chi connectivity index (χ1) is 68.5. The number of halogens is 2. The average molecular weight is 2110 g/mol. The molecule has 0 unspecified atom stereocenters. The van der Waals surface area contributed by atoms with E-state index in [1.54, 1.807) is 24.8 Å². The van der Waals surface area contributed by atoms with Crippen LogP contribution in [0.25, 0.3) is 11.2 Å². The third-order valence-corrected chi connectivity index (χ3v) is 36.4. The Morgan fingerprint density at radius 1 is 0.200 bits per heavy atom. The fourth-order valence-electron chi connectivity index (χ4n) is 14.4. The monoisotopic (exact) mass is 2110 g/mol. The van der Waals surface area contributed by atoms with Gasteiger partial charge in [-0.3, -0.25) is 9.97 Å². The van der Waals surface area contributed by atoms with Crippen molar-refractivity contribution < 1.29 is 47.2 Å². The van der Waals surface area contributed by atoms with E-state index in [1.165, 1.54) is 84.9 Å². The molecule has 16 aromatic carbocycles. The first-order valence-corrected chi connectivity index (χ1v) is 49.2. The molecule has 25 heteroatoms. The van der Waals surface area contributed by atoms with E-state index < -0.39 is 29.0 Å². The Kier molecular flexibility index (Phi) is 80.4. The maximum atomic E-state index is 8.07. The SMILES string of the molecule is CCCCO.ClCCl.[C-]#N.[C-]#N.[C-]#N.[C-]#N.[C-]#N.[C-]#N.[C-]#N.[C-]#N.[C-]#N.[C-]#N.[Mo+4].[Mo+4].[N-]=O.[N-]=O.c1ccc([P+](c2ccccc2)(c2ccccc2)c2ccccc2)cc1.c1ccc([P+](c2ccccc2)(c2ccccc2)c2ccccc2)cc1.c1ccc([P+](c2ccccc2)(c2ccccc2)c2ccccc2)cc1.c1ccc([P+](c2ccccc2)(c2ccccc2)c2ccccc2)cc1.c1cnccn1. The zero-order valence-corrected chi connectivity index (χ0v) is 85.3. The summed E-state index contributed by atoms with van der Waals surface area (Å²) in [6.07, 6.45) is 8.59. The van der Waals surface area contributed by atoms with Crippen LogP contribution in [0.4, 0.5) is 0 Å². The summed E-state index contributed by atoms with van der Waals surface area (Å²) in [7, 11) is -7.62. The smallest absolute Gasteiger partial charge is 0.577 e. The zero-order chi connectivity index (χ0) is 103. The number of rotatable bonds is 18. The summed E-state index contributed by atoms with van der Waals surface area (Å²) in [5, 5.41) is 93.0. The predicted octanol–water partition coefficient (Wildman–Crippen LogP) is 21.5. The number of hydrogen-bond acceptors (Lipinski definition) is 15. The van der Waals surface area contributed by atoms with Crippen molar-refractivity contribution in [2.75, 3.05) is 11.9 Å². The van der Waals surface area contributed by atoms with E-state index in [4.69, 9.17) is 168 Å². The van der Waals surface area contributed by atoms with Crippen molar-refractivity contribution >= 4 is 137 Å². The number of hydrogen-bond donors (Lipinski definition) is 1. The molecule has 17 nitrogen and oxygen atoms in total. The first kappa shape index (κ1) is 131. The number of nitroso groups, excluding NO2 is 2. The van der Waals surface area contributed by atoms with E-state index in [1.807, 2.05) is 0 Å². The van der Waals surface area contributed by atoms with Gasteiger partial charge >= 0.3 is 42.1 Å². The molecule has 0 radical (unpaired) electrons. The van der Waals surface area contributed by atoms with Crippen LogP contribution in [0.5, 0.6) is 0 Å². The Morgan fingerprint density at radius 2 is 0.271 bits per heavy atom. The van der Waals surface area contributed by atoms with Gasteiger partial charge in [0, 0.05) is 31.4 Å². The number of unbranched alkanes of at least 4 members (excludes halogenated alkanes) is 1. The van der Waals surface area contributed by atoms with E-state index in [-0.39, 0.29) is 47.5 Å². The molecule has 17 rings (SSSR count). The van der Waals surface area contributed by atoms with Crippen LogP contribution in [-0.4, -0.2) is 27.0 Å². The molecule has 0 spiro atoms. The van der Waals surface area contributed by atoms with Crippen LogP contribution in [0.15, 0.2) is 510 Å². The van der Waals surface area contributed by atoms with Gasteiger partial charge in [-0.2, -0.15) is 0 Å². The maximum absolute atomic E-state index is 8.07. The van der Waals surface area contributed by atoms with Gasteiger partial charge in [-0.25, -0.2) is 0 Å². The summed E-state index contributed by atoms with van der Waals surface area (Å²) < 4.78 is 0. The maximum Gasteiger partial charge on any atom is 4.00 e. The standard InChI is InChI=1S/4C24H20P.C4H4N2.C4H10O.CH2Cl2.10CN.2Mo.2NO/c4*1-5-13-21(14-6-1)25(22-15-7-2-8-16-22,23-17-9-3-10-18-23)24-19-11-4-12-20-24;1-2-6-4-3-5-1;1-2-3-4-5;2-1-3;10*1-2;;;2*1-2/h4*1-20H;1-4H;5H,2-4H2,1H3;1H2;;;;;;;;;;;;;;/q4*+1;;;;10*-1;2*+4;2*-1. The second-order valence-electron chi connectivity index (χ2n) is 26.1. The third-order valence-electron chi connectivity index (χ3n) is 19.3. The number of aromatic nitrogens is 2. The molecule has 1 aromatic heterocycles. The largest absolute Gasteiger partial charge is 4.00 e. The summed E-state index contributed by atoms with van der Waals surface area (Å²) in [5.74, 6) is 0. The Hall–Kier alpha value is -15.7. The topological polar surface area (TPSA) is 363 Å². The zero-order valence-electron chi connectivity index (χ0n) is 76.2. The summed E-state index contributed by atoms with van der Waals surface area (Å²) >= 11 is 9.53. The summed E-state index contributed by atoms with van der Waals surface area (Å²) in [4.78, 5) is 21.9. The van der Waals surface area contributed by atoms with Gasteiger partial charge in [0.05, 0.1) is 5.34 Å². The van der Waals surface area contributed by atoms with Gasteiger partial charge in [0.15, 0.2) is 0 Å². The van der Waals surface area contributed by atoms with Crippen molar-refractivity contribution in [3.63, 3.8) is 0 Å². The summed E-state index contributed by atoms with van der Waals surface area (Å²) in [5.41, 5.74) is 11.5. The van der Waals surface area contributed by atoms with Crippen molar-refractivity contribution in [3.05, 3.63) is 597 Å². The van der Waals surface area contributed by atoms with Crippen LogP contribution < -0.4 is 84.9 Å². The number of aliphatic hydroxyl groups is 1. The second-order valence-corrected chi connectivity index (χ2v) is 40.6. The molecule has 140 heavy (non-hydrogen) atoms. The predicted molar refractivity (Wildman–Crippen MR) is 569 cm³/mol. The number of aliphatic hydroxyl groups excluding tert-OH is 1. The van der Waals surface area contributed by atoms with Crippen LogP contribution in [0, 0.1) is 128 Å². The Labute approximate surface area is 868 Å². The molecule has 0 saturated carbocycles. The van der Waals surface area contributed by atoms with Gasteiger partial charge in [0.25, 0.3) is 0 Å². The Balaban J connectivity index is -0.000000782. The van der Waals surface area contributed by atoms with Gasteiger partial charge in [-0.1, -0.05) is 305 Å². The third kappa shape index (κ3) is 38.5. The molecule has 0 atom stereocenters.